The first-order valence-corrected chi connectivity index (χ1v) is 11.0. The van der Waals surface area contributed by atoms with E-state index >= 15 is 0 Å². The zero-order valence-electron chi connectivity index (χ0n) is 18.3. The average Bonchev–Trinajstić information content (AvgIpc) is 2.76. The van der Waals surface area contributed by atoms with E-state index in [1.807, 2.05) is 12.1 Å². The Morgan fingerprint density at radius 3 is 1.84 bits per heavy atom. The molecule has 3 aromatic carbocycles. The summed E-state index contributed by atoms with van der Waals surface area (Å²) < 4.78 is 5.97. The van der Waals surface area contributed by atoms with E-state index in [1.165, 1.54) is 11.1 Å². The van der Waals surface area contributed by atoms with Crippen LogP contribution >= 0.6 is 11.6 Å². The standard InChI is InChI=1S/C27H30ClNO2/c1-20(29-26(30)27(2,3)31-25-16-14-24(28)15-17-25)23(18-21-10-6-4-7-11-21)19-22-12-8-5-9-13-22/h4-17,20,23H,18-19H2,1-3H3,(H,29,30). The topological polar surface area (TPSA) is 38.3 Å². The SMILES string of the molecule is CC(NC(=O)C(C)(C)Oc1ccc(Cl)cc1)C(Cc1ccccc1)Cc1ccccc1. The van der Waals surface area contributed by atoms with Crippen molar-refractivity contribution in [3.63, 3.8) is 0 Å². The van der Waals surface area contributed by atoms with Crippen molar-refractivity contribution >= 4 is 17.5 Å². The van der Waals surface area contributed by atoms with Crippen molar-refractivity contribution in [1.82, 2.24) is 5.32 Å². The number of hydrogen-bond acceptors (Lipinski definition) is 2. The van der Waals surface area contributed by atoms with Crippen molar-refractivity contribution in [2.45, 2.75) is 45.3 Å². The Hall–Kier alpha value is -2.78. The molecule has 4 heteroatoms. The zero-order valence-corrected chi connectivity index (χ0v) is 19.1. The Kier molecular flexibility index (Phi) is 7.75. The molecular formula is C27H30ClNO2. The molecule has 0 aliphatic heterocycles. The third kappa shape index (κ3) is 6.86. The summed E-state index contributed by atoms with van der Waals surface area (Å²) in [6.45, 7) is 5.65. The summed E-state index contributed by atoms with van der Waals surface area (Å²) in [5.41, 5.74) is 1.52. The molecule has 1 N–H and O–H groups in total. The minimum atomic E-state index is -1.01. The van der Waals surface area contributed by atoms with Gasteiger partial charge in [-0.3, -0.25) is 4.79 Å². The highest BCUT2D eigenvalue weighted by atomic mass is 35.5. The zero-order chi connectivity index (χ0) is 22.3. The Balaban J connectivity index is 1.70. The van der Waals surface area contributed by atoms with Gasteiger partial charge in [0.15, 0.2) is 5.60 Å². The molecule has 0 bridgehead atoms. The molecule has 1 unspecified atom stereocenters. The Morgan fingerprint density at radius 2 is 1.35 bits per heavy atom. The van der Waals surface area contributed by atoms with Gasteiger partial charge in [-0.15, -0.1) is 0 Å². The number of halogens is 1. The van der Waals surface area contributed by atoms with Crippen LogP contribution in [0.4, 0.5) is 0 Å². The number of carbonyl (C=O) groups is 1. The maximum Gasteiger partial charge on any atom is 0.263 e. The van der Waals surface area contributed by atoms with Gasteiger partial charge in [-0.2, -0.15) is 0 Å². The molecule has 3 nitrogen and oxygen atoms in total. The van der Waals surface area contributed by atoms with E-state index in [1.54, 1.807) is 38.1 Å². The quantitative estimate of drug-likeness (QED) is 0.440. The van der Waals surface area contributed by atoms with Gasteiger partial charge in [-0.05, 0) is 74.9 Å². The Labute approximate surface area is 190 Å². The second-order valence-corrected chi connectivity index (χ2v) is 8.90. The fraction of sp³-hybridized carbons (Fsp3) is 0.296. The molecule has 0 aliphatic carbocycles. The van der Waals surface area contributed by atoms with Crippen LogP contribution < -0.4 is 10.1 Å². The lowest BCUT2D eigenvalue weighted by molar-refractivity contribution is -0.135. The van der Waals surface area contributed by atoms with E-state index in [4.69, 9.17) is 16.3 Å². The molecule has 3 aromatic rings. The molecule has 0 spiro atoms. The van der Waals surface area contributed by atoms with E-state index < -0.39 is 5.60 Å². The third-order valence-electron chi connectivity index (χ3n) is 5.48. The summed E-state index contributed by atoms with van der Waals surface area (Å²) in [7, 11) is 0. The van der Waals surface area contributed by atoms with Crippen molar-refractivity contribution in [3.05, 3.63) is 101 Å². The summed E-state index contributed by atoms with van der Waals surface area (Å²) in [5.74, 6) is 0.725. The van der Waals surface area contributed by atoms with Gasteiger partial charge in [0.1, 0.15) is 5.75 Å². The number of amides is 1. The van der Waals surface area contributed by atoms with Gasteiger partial charge in [0.25, 0.3) is 5.91 Å². The van der Waals surface area contributed by atoms with Crippen molar-refractivity contribution in [1.29, 1.82) is 0 Å². The van der Waals surface area contributed by atoms with E-state index in [-0.39, 0.29) is 17.9 Å². The van der Waals surface area contributed by atoms with Gasteiger partial charge in [0.2, 0.25) is 0 Å². The van der Waals surface area contributed by atoms with Gasteiger partial charge in [0.05, 0.1) is 0 Å². The highest BCUT2D eigenvalue weighted by Gasteiger charge is 2.32. The minimum Gasteiger partial charge on any atom is -0.478 e. The maximum atomic E-state index is 13.1. The normalized spacial score (nSPS) is 12.4. The lowest BCUT2D eigenvalue weighted by atomic mass is 9.87. The van der Waals surface area contributed by atoms with Crippen LogP contribution in [0.25, 0.3) is 0 Å². The minimum absolute atomic E-state index is 0.0268. The van der Waals surface area contributed by atoms with E-state index in [0.29, 0.717) is 10.8 Å². The Bertz CT molecular complexity index is 914. The second-order valence-electron chi connectivity index (χ2n) is 8.47. The largest absolute Gasteiger partial charge is 0.478 e. The number of carbonyl (C=O) groups excluding carboxylic acids is 1. The van der Waals surface area contributed by atoms with Crippen molar-refractivity contribution < 1.29 is 9.53 Å². The van der Waals surface area contributed by atoms with Crippen LogP contribution in [0, 0.1) is 5.92 Å². The molecule has 1 atom stereocenters. The predicted molar refractivity (Wildman–Crippen MR) is 128 cm³/mol. The molecule has 0 fully saturated rings. The number of nitrogens with one attached hydrogen (secondary N) is 1. The molecule has 3 rings (SSSR count). The van der Waals surface area contributed by atoms with Gasteiger partial charge in [-0.1, -0.05) is 72.3 Å². The molecule has 0 aliphatic rings. The summed E-state index contributed by atoms with van der Waals surface area (Å²) in [4.78, 5) is 13.1. The van der Waals surface area contributed by atoms with Crippen LogP contribution in [0.1, 0.15) is 31.9 Å². The molecule has 0 heterocycles. The van der Waals surface area contributed by atoms with Crippen LogP contribution in [-0.2, 0) is 17.6 Å². The van der Waals surface area contributed by atoms with Gasteiger partial charge >= 0.3 is 0 Å². The number of rotatable bonds is 9. The van der Waals surface area contributed by atoms with Crippen LogP contribution in [0.2, 0.25) is 5.02 Å². The van der Waals surface area contributed by atoms with E-state index in [0.717, 1.165) is 12.8 Å². The van der Waals surface area contributed by atoms with Crippen molar-refractivity contribution in [2.75, 3.05) is 0 Å². The monoisotopic (exact) mass is 435 g/mol. The Morgan fingerprint density at radius 1 is 0.871 bits per heavy atom. The summed E-state index contributed by atoms with van der Waals surface area (Å²) in [6.07, 6.45) is 1.77. The van der Waals surface area contributed by atoms with Gasteiger partial charge in [-0.25, -0.2) is 0 Å². The smallest absolute Gasteiger partial charge is 0.263 e. The van der Waals surface area contributed by atoms with Crippen molar-refractivity contribution in [2.24, 2.45) is 5.92 Å². The first kappa shape index (κ1) is 22.9. The molecular weight excluding hydrogens is 406 g/mol. The average molecular weight is 436 g/mol. The highest BCUT2D eigenvalue weighted by molar-refractivity contribution is 6.30. The molecule has 0 saturated carbocycles. The van der Waals surface area contributed by atoms with Crippen molar-refractivity contribution in [3.8, 4) is 5.75 Å². The fourth-order valence-corrected chi connectivity index (χ4v) is 3.73. The third-order valence-corrected chi connectivity index (χ3v) is 5.73. The second kappa shape index (κ2) is 10.5. The number of hydrogen-bond donors (Lipinski definition) is 1. The first-order valence-electron chi connectivity index (χ1n) is 10.7. The summed E-state index contributed by atoms with van der Waals surface area (Å²) >= 11 is 5.95. The molecule has 0 aromatic heterocycles. The van der Waals surface area contributed by atoms with Gasteiger partial charge < -0.3 is 10.1 Å². The number of ether oxygens (including phenoxy) is 1. The summed E-state index contributed by atoms with van der Waals surface area (Å²) in [6, 6.07) is 27.9. The molecule has 0 saturated heterocycles. The molecule has 31 heavy (non-hydrogen) atoms. The molecule has 162 valence electrons. The predicted octanol–water partition coefficient (Wildman–Crippen LogP) is 6.10. The number of benzene rings is 3. The van der Waals surface area contributed by atoms with Crippen LogP contribution in [0.5, 0.6) is 5.75 Å². The van der Waals surface area contributed by atoms with E-state index in [2.05, 4.69) is 60.8 Å². The lowest BCUT2D eigenvalue weighted by Gasteiger charge is -2.31. The van der Waals surface area contributed by atoms with Crippen LogP contribution in [0.3, 0.4) is 0 Å². The van der Waals surface area contributed by atoms with Gasteiger partial charge in [0, 0.05) is 11.1 Å². The highest BCUT2D eigenvalue weighted by Crippen LogP contribution is 2.23. The van der Waals surface area contributed by atoms with Crippen LogP contribution in [0.15, 0.2) is 84.9 Å². The van der Waals surface area contributed by atoms with Crippen LogP contribution in [-0.4, -0.2) is 17.6 Å². The molecule has 0 radical (unpaired) electrons. The molecule has 1 amide bonds. The van der Waals surface area contributed by atoms with E-state index in [9.17, 15) is 4.79 Å². The fourth-order valence-electron chi connectivity index (χ4n) is 3.60. The summed E-state index contributed by atoms with van der Waals surface area (Å²) in [5, 5.41) is 3.83. The lowest BCUT2D eigenvalue weighted by Crippen LogP contribution is -2.51. The first-order chi connectivity index (χ1) is 14.8. The maximum absolute atomic E-state index is 13.1.